The van der Waals surface area contributed by atoms with Crippen molar-refractivity contribution in [2.75, 3.05) is 0 Å². The fourth-order valence-corrected chi connectivity index (χ4v) is 2.75. The van der Waals surface area contributed by atoms with Gasteiger partial charge in [-0.15, -0.1) is 0 Å². The average molecular weight is 299 g/mol. The lowest BCUT2D eigenvalue weighted by molar-refractivity contribution is 0.929. The van der Waals surface area contributed by atoms with Crippen LogP contribution < -0.4 is 0 Å². The monoisotopic (exact) mass is 299 g/mol. The largest absolute Gasteiger partial charge is 0.308 e. The molecule has 0 spiro atoms. The van der Waals surface area contributed by atoms with E-state index in [0.29, 0.717) is 11.3 Å². The number of aryl methyl sites for hydroxylation is 2. The maximum atomic E-state index is 12.9. The van der Waals surface area contributed by atoms with Gasteiger partial charge in [-0.3, -0.25) is 0 Å². The first-order valence-corrected chi connectivity index (χ1v) is 7.51. The van der Waals surface area contributed by atoms with Gasteiger partial charge in [0.25, 0.3) is 0 Å². The molecule has 108 valence electrons. The minimum absolute atomic E-state index is 0.269. The molecule has 1 nitrogen and oxygen atoms in total. The van der Waals surface area contributed by atoms with E-state index in [1.54, 1.807) is 6.07 Å². The van der Waals surface area contributed by atoms with Crippen LogP contribution in [0.2, 0.25) is 0 Å². The van der Waals surface area contributed by atoms with Crippen LogP contribution in [0, 0.1) is 19.3 Å². The van der Waals surface area contributed by atoms with Gasteiger partial charge < -0.3 is 5.41 Å². The Hall–Kier alpha value is -1.87. The Morgan fingerprint density at radius 1 is 1.14 bits per heavy atom. The molecular formula is C18H18FNS. The Bertz CT molecular complexity index is 656. The third-order valence-electron chi connectivity index (χ3n) is 3.31. The van der Waals surface area contributed by atoms with Crippen molar-refractivity contribution in [2.45, 2.75) is 25.2 Å². The molecule has 3 heteroatoms. The first-order chi connectivity index (χ1) is 10.1. The first kappa shape index (κ1) is 15.5. The van der Waals surface area contributed by atoms with E-state index in [1.807, 2.05) is 38.1 Å². The number of rotatable bonds is 5. The molecule has 0 radical (unpaired) electrons. The molecule has 2 aromatic rings. The zero-order valence-electron chi connectivity index (χ0n) is 12.2. The lowest BCUT2D eigenvalue weighted by Crippen LogP contribution is -1.91. The van der Waals surface area contributed by atoms with E-state index >= 15 is 0 Å². The van der Waals surface area contributed by atoms with Gasteiger partial charge >= 0.3 is 0 Å². The van der Waals surface area contributed by atoms with Crippen molar-refractivity contribution >= 4 is 23.9 Å². The van der Waals surface area contributed by atoms with E-state index in [1.165, 1.54) is 17.3 Å². The topological polar surface area (TPSA) is 23.9 Å². The van der Waals surface area contributed by atoms with Crippen LogP contribution in [0.25, 0.3) is 5.57 Å². The summed E-state index contributed by atoms with van der Waals surface area (Å²) >= 11 is 0.269. The molecule has 0 saturated heterocycles. The normalized spacial score (nSPS) is 11.5. The van der Waals surface area contributed by atoms with Crippen LogP contribution in [0.4, 0.5) is 3.89 Å². The highest BCUT2D eigenvalue weighted by Gasteiger charge is 2.04. The average Bonchev–Trinajstić information content (AvgIpc) is 2.47. The van der Waals surface area contributed by atoms with Crippen molar-refractivity contribution in [3.05, 3.63) is 70.8 Å². The van der Waals surface area contributed by atoms with E-state index in [-0.39, 0.29) is 12.1 Å². The predicted octanol–water partition coefficient (Wildman–Crippen LogP) is 5.56. The molecule has 0 saturated carbocycles. The standard InChI is InChI=1S/C18H18FNS/c1-13-9-14(2)11-17(10-13)16(12-20)8-7-15-5-3-4-6-18(15)21-19/h3-6,8-12,20H,7H2,1-2H3/b16-8+,20-12?. The van der Waals surface area contributed by atoms with Gasteiger partial charge in [0.15, 0.2) is 0 Å². The van der Waals surface area contributed by atoms with Gasteiger partial charge in [0, 0.05) is 11.1 Å². The van der Waals surface area contributed by atoms with Crippen molar-refractivity contribution in [1.29, 1.82) is 5.41 Å². The first-order valence-electron chi connectivity index (χ1n) is 6.80. The van der Waals surface area contributed by atoms with E-state index < -0.39 is 0 Å². The van der Waals surface area contributed by atoms with Crippen LogP contribution in [0.15, 0.2) is 53.4 Å². The quantitative estimate of drug-likeness (QED) is 0.718. The second kappa shape index (κ2) is 7.23. The van der Waals surface area contributed by atoms with Gasteiger partial charge in [0.05, 0.1) is 12.1 Å². The fourth-order valence-electron chi connectivity index (χ4n) is 2.37. The van der Waals surface area contributed by atoms with Crippen molar-refractivity contribution in [3.63, 3.8) is 0 Å². The Labute approximate surface area is 129 Å². The minimum atomic E-state index is 0.269. The van der Waals surface area contributed by atoms with E-state index in [0.717, 1.165) is 16.7 Å². The number of hydrogen-bond acceptors (Lipinski definition) is 2. The van der Waals surface area contributed by atoms with E-state index in [4.69, 9.17) is 5.41 Å². The number of benzene rings is 2. The molecule has 0 atom stereocenters. The lowest BCUT2D eigenvalue weighted by Gasteiger charge is -2.07. The number of nitrogens with one attached hydrogen (secondary N) is 1. The molecule has 0 aliphatic rings. The van der Waals surface area contributed by atoms with Gasteiger partial charge in [-0.25, -0.2) is 0 Å². The number of hydrogen-bond donors (Lipinski definition) is 1. The van der Waals surface area contributed by atoms with Crippen molar-refractivity contribution in [1.82, 2.24) is 0 Å². The van der Waals surface area contributed by atoms with Crippen molar-refractivity contribution in [2.24, 2.45) is 0 Å². The molecule has 0 fully saturated rings. The summed E-state index contributed by atoms with van der Waals surface area (Å²) in [5.74, 6) is 0. The van der Waals surface area contributed by atoms with Gasteiger partial charge in [0.1, 0.15) is 0 Å². The zero-order valence-corrected chi connectivity index (χ0v) is 13.0. The third kappa shape index (κ3) is 4.05. The van der Waals surface area contributed by atoms with Crippen LogP contribution in [-0.4, -0.2) is 6.21 Å². The Kier molecular flexibility index (Phi) is 5.34. The lowest BCUT2D eigenvalue weighted by atomic mass is 9.99. The van der Waals surface area contributed by atoms with Gasteiger partial charge in [-0.2, -0.15) is 3.89 Å². The molecule has 0 aliphatic heterocycles. The Balaban J connectivity index is 2.30. The van der Waals surface area contributed by atoms with Crippen LogP contribution >= 0.6 is 12.1 Å². The van der Waals surface area contributed by atoms with E-state index in [9.17, 15) is 3.89 Å². The SMILES string of the molecule is Cc1cc(C)cc(/C(C=N)=C/Cc2ccccc2SF)c1. The number of halogens is 1. The molecule has 0 aliphatic carbocycles. The third-order valence-corrected chi connectivity index (χ3v) is 3.87. The van der Waals surface area contributed by atoms with Gasteiger partial charge in [-0.05, 0) is 43.0 Å². The molecule has 21 heavy (non-hydrogen) atoms. The summed E-state index contributed by atoms with van der Waals surface area (Å²) in [5.41, 5.74) is 5.19. The van der Waals surface area contributed by atoms with Crippen molar-refractivity contribution in [3.8, 4) is 0 Å². The van der Waals surface area contributed by atoms with Crippen molar-refractivity contribution < 1.29 is 3.89 Å². The molecule has 0 bridgehead atoms. The molecule has 0 aromatic heterocycles. The maximum Gasteiger partial charge on any atom is 0.0815 e. The molecule has 0 unspecified atom stereocenters. The van der Waals surface area contributed by atoms with E-state index in [2.05, 4.69) is 18.2 Å². The Morgan fingerprint density at radius 3 is 2.43 bits per heavy atom. The van der Waals surface area contributed by atoms with Crippen LogP contribution in [0.1, 0.15) is 22.3 Å². The summed E-state index contributed by atoms with van der Waals surface area (Å²) in [6.45, 7) is 4.10. The summed E-state index contributed by atoms with van der Waals surface area (Å²) in [6, 6.07) is 13.7. The second-order valence-corrected chi connectivity index (χ2v) is 5.66. The summed E-state index contributed by atoms with van der Waals surface area (Å²) in [4.78, 5) is 0.638. The maximum absolute atomic E-state index is 12.9. The smallest absolute Gasteiger partial charge is 0.0815 e. The highest BCUT2D eigenvalue weighted by molar-refractivity contribution is 7.94. The van der Waals surface area contributed by atoms with Crippen LogP contribution in [0.5, 0.6) is 0 Å². The summed E-state index contributed by atoms with van der Waals surface area (Å²) < 4.78 is 12.9. The van der Waals surface area contributed by atoms with Crippen LogP contribution in [-0.2, 0) is 6.42 Å². The van der Waals surface area contributed by atoms with Crippen LogP contribution in [0.3, 0.4) is 0 Å². The molecule has 2 rings (SSSR count). The second-order valence-electron chi connectivity index (χ2n) is 5.07. The number of allylic oxidation sites excluding steroid dienone is 2. The summed E-state index contributed by atoms with van der Waals surface area (Å²) in [5, 5.41) is 7.63. The molecule has 0 amide bonds. The highest BCUT2D eigenvalue weighted by Crippen LogP contribution is 2.25. The summed E-state index contributed by atoms with van der Waals surface area (Å²) in [7, 11) is 0. The fraction of sp³-hybridized carbons (Fsp3) is 0.167. The van der Waals surface area contributed by atoms with Gasteiger partial charge in [-0.1, -0.05) is 53.6 Å². The predicted molar refractivity (Wildman–Crippen MR) is 89.8 cm³/mol. The summed E-state index contributed by atoms with van der Waals surface area (Å²) in [6.07, 6.45) is 3.96. The highest BCUT2D eigenvalue weighted by atomic mass is 32.2. The van der Waals surface area contributed by atoms with Gasteiger partial charge in [0.2, 0.25) is 0 Å². The molecule has 2 aromatic carbocycles. The Morgan fingerprint density at radius 2 is 1.81 bits per heavy atom. The molecular weight excluding hydrogens is 281 g/mol. The minimum Gasteiger partial charge on any atom is -0.308 e. The zero-order chi connectivity index (χ0) is 15.2. The molecule has 0 heterocycles. The molecule has 1 N–H and O–H groups in total.